The SMILES string of the molecule is CC(c1ccccc1)n1c(CCc2ccccc2)n[nH]c1=S. The second kappa shape index (κ2) is 6.71. The fourth-order valence-electron chi connectivity index (χ4n) is 2.69. The van der Waals surface area contributed by atoms with Crippen molar-refractivity contribution in [3.05, 3.63) is 82.4 Å². The molecule has 1 aromatic heterocycles. The zero-order chi connectivity index (χ0) is 15.4. The van der Waals surface area contributed by atoms with Crippen LogP contribution in [0.5, 0.6) is 0 Å². The summed E-state index contributed by atoms with van der Waals surface area (Å²) in [5.74, 6) is 1.00. The second-order valence-electron chi connectivity index (χ2n) is 5.39. The molecule has 2 aromatic carbocycles. The number of aryl methyl sites for hydroxylation is 2. The lowest BCUT2D eigenvalue weighted by atomic mass is 10.1. The summed E-state index contributed by atoms with van der Waals surface area (Å²) in [6.07, 6.45) is 1.83. The third kappa shape index (κ3) is 3.17. The molecule has 3 rings (SSSR count). The topological polar surface area (TPSA) is 33.6 Å². The van der Waals surface area contributed by atoms with E-state index in [9.17, 15) is 0 Å². The Balaban J connectivity index is 1.83. The molecule has 0 saturated carbocycles. The van der Waals surface area contributed by atoms with Gasteiger partial charge in [0.1, 0.15) is 5.82 Å². The number of hydrogen-bond donors (Lipinski definition) is 1. The van der Waals surface area contributed by atoms with Crippen LogP contribution in [0, 0.1) is 4.77 Å². The van der Waals surface area contributed by atoms with Gasteiger partial charge in [-0.1, -0.05) is 60.7 Å². The number of H-pyrrole nitrogens is 1. The van der Waals surface area contributed by atoms with Crippen LogP contribution in [0.3, 0.4) is 0 Å². The number of hydrogen-bond acceptors (Lipinski definition) is 2. The molecule has 112 valence electrons. The normalized spacial score (nSPS) is 12.2. The van der Waals surface area contributed by atoms with Crippen molar-refractivity contribution >= 4 is 12.2 Å². The quantitative estimate of drug-likeness (QED) is 0.711. The molecule has 0 saturated heterocycles. The fourth-order valence-corrected chi connectivity index (χ4v) is 3.00. The third-order valence-electron chi connectivity index (χ3n) is 3.93. The average Bonchev–Trinajstić information content (AvgIpc) is 2.95. The van der Waals surface area contributed by atoms with E-state index >= 15 is 0 Å². The van der Waals surface area contributed by atoms with E-state index in [-0.39, 0.29) is 6.04 Å². The van der Waals surface area contributed by atoms with E-state index in [1.54, 1.807) is 0 Å². The van der Waals surface area contributed by atoms with Crippen molar-refractivity contribution < 1.29 is 0 Å². The summed E-state index contributed by atoms with van der Waals surface area (Å²) in [5, 5.41) is 7.36. The van der Waals surface area contributed by atoms with Crippen LogP contribution in [-0.2, 0) is 12.8 Å². The maximum absolute atomic E-state index is 5.42. The summed E-state index contributed by atoms with van der Waals surface area (Å²) in [4.78, 5) is 0. The molecule has 0 aliphatic rings. The van der Waals surface area contributed by atoms with Crippen molar-refractivity contribution in [2.24, 2.45) is 0 Å². The highest BCUT2D eigenvalue weighted by atomic mass is 32.1. The standard InChI is InChI=1S/C18H19N3S/c1-14(16-10-6-3-7-11-16)21-17(19-20-18(21)22)13-12-15-8-4-2-5-9-15/h2-11,14H,12-13H2,1H3,(H,20,22). The second-order valence-corrected chi connectivity index (χ2v) is 5.77. The maximum Gasteiger partial charge on any atom is 0.195 e. The van der Waals surface area contributed by atoms with Crippen molar-refractivity contribution in [2.45, 2.75) is 25.8 Å². The minimum Gasteiger partial charge on any atom is -0.297 e. The molecule has 0 aliphatic heterocycles. The van der Waals surface area contributed by atoms with Gasteiger partial charge in [-0.05, 0) is 36.7 Å². The van der Waals surface area contributed by atoms with E-state index in [0.717, 1.165) is 18.7 Å². The minimum absolute atomic E-state index is 0.179. The first-order chi connectivity index (χ1) is 10.8. The fraction of sp³-hybridized carbons (Fsp3) is 0.222. The Labute approximate surface area is 135 Å². The van der Waals surface area contributed by atoms with Crippen LogP contribution < -0.4 is 0 Å². The minimum atomic E-state index is 0.179. The predicted molar refractivity (Wildman–Crippen MR) is 91.5 cm³/mol. The average molecular weight is 309 g/mol. The van der Waals surface area contributed by atoms with Crippen molar-refractivity contribution in [1.29, 1.82) is 0 Å². The van der Waals surface area contributed by atoms with Crippen LogP contribution in [0.4, 0.5) is 0 Å². The number of aromatic amines is 1. The van der Waals surface area contributed by atoms with Crippen LogP contribution in [0.2, 0.25) is 0 Å². The summed E-state index contributed by atoms with van der Waals surface area (Å²) < 4.78 is 2.80. The van der Waals surface area contributed by atoms with E-state index < -0.39 is 0 Å². The van der Waals surface area contributed by atoms with E-state index in [1.807, 2.05) is 12.1 Å². The molecule has 0 radical (unpaired) electrons. The summed E-state index contributed by atoms with van der Waals surface area (Å²) in [7, 11) is 0. The van der Waals surface area contributed by atoms with Gasteiger partial charge in [-0.15, -0.1) is 0 Å². The van der Waals surface area contributed by atoms with Gasteiger partial charge < -0.3 is 0 Å². The molecule has 1 atom stereocenters. The summed E-state index contributed by atoms with van der Waals surface area (Å²) in [6, 6.07) is 21.0. The molecular weight excluding hydrogens is 290 g/mol. The first kappa shape index (κ1) is 14.7. The Hall–Kier alpha value is -2.20. The Bertz CT molecular complexity index is 775. The van der Waals surface area contributed by atoms with Gasteiger partial charge in [0.15, 0.2) is 4.77 Å². The third-order valence-corrected chi connectivity index (χ3v) is 4.21. The Morgan fingerprint density at radius 2 is 1.64 bits per heavy atom. The zero-order valence-electron chi connectivity index (χ0n) is 12.6. The molecule has 0 amide bonds. The summed E-state index contributed by atoms with van der Waals surface area (Å²) in [6.45, 7) is 2.16. The highest BCUT2D eigenvalue weighted by molar-refractivity contribution is 7.71. The van der Waals surface area contributed by atoms with Crippen molar-refractivity contribution in [3.63, 3.8) is 0 Å². The molecule has 0 aliphatic carbocycles. The molecule has 1 heterocycles. The highest BCUT2D eigenvalue weighted by Crippen LogP contribution is 2.20. The van der Waals surface area contributed by atoms with Gasteiger partial charge in [0.05, 0.1) is 6.04 Å². The molecule has 0 bridgehead atoms. The number of aromatic nitrogens is 3. The lowest BCUT2D eigenvalue weighted by Gasteiger charge is -2.16. The van der Waals surface area contributed by atoms with E-state index in [2.05, 4.69) is 70.2 Å². The van der Waals surface area contributed by atoms with Crippen molar-refractivity contribution in [3.8, 4) is 0 Å². The number of benzene rings is 2. The van der Waals surface area contributed by atoms with Crippen LogP contribution in [-0.4, -0.2) is 14.8 Å². The molecule has 0 spiro atoms. The number of nitrogens with one attached hydrogen (secondary N) is 1. The first-order valence-electron chi connectivity index (χ1n) is 7.50. The molecule has 0 fully saturated rings. The van der Waals surface area contributed by atoms with Crippen LogP contribution in [0.1, 0.15) is 29.9 Å². The monoisotopic (exact) mass is 309 g/mol. The van der Waals surface area contributed by atoms with Crippen LogP contribution in [0.25, 0.3) is 0 Å². The van der Waals surface area contributed by atoms with E-state index in [4.69, 9.17) is 12.2 Å². The van der Waals surface area contributed by atoms with Crippen molar-refractivity contribution in [2.75, 3.05) is 0 Å². The van der Waals surface area contributed by atoms with E-state index in [1.165, 1.54) is 11.1 Å². The van der Waals surface area contributed by atoms with Crippen molar-refractivity contribution in [1.82, 2.24) is 14.8 Å². The smallest absolute Gasteiger partial charge is 0.195 e. The molecule has 1 unspecified atom stereocenters. The first-order valence-corrected chi connectivity index (χ1v) is 7.91. The lowest BCUT2D eigenvalue weighted by molar-refractivity contribution is 0.592. The molecule has 22 heavy (non-hydrogen) atoms. The largest absolute Gasteiger partial charge is 0.297 e. The zero-order valence-corrected chi connectivity index (χ0v) is 13.4. The van der Waals surface area contributed by atoms with Crippen LogP contribution >= 0.6 is 12.2 Å². The number of rotatable bonds is 5. The van der Waals surface area contributed by atoms with Gasteiger partial charge >= 0.3 is 0 Å². The van der Waals surface area contributed by atoms with E-state index in [0.29, 0.717) is 4.77 Å². The Kier molecular flexibility index (Phi) is 4.49. The van der Waals surface area contributed by atoms with Gasteiger partial charge in [-0.2, -0.15) is 5.10 Å². The van der Waals surface area contributed by atoms with Crippen LogP contribution in [0.15, 0.2) is 60.7 Å². The molecular formula is C18H19N3S. The Morgan fingerprint density at radius 1 is 1.00 bits per heavy atom. The molecule has 4 heteroatoms. The van der Waals surface area contributed by atoms with Gasteiger partial charge in [0, 0.05) is 6.42 Å². The van der Waals surface area contributed by atoms with Gasteiger partial charge in [0.2, 0.25) is 0 Å². The molecule has 3 aromatic rings. The summed E-state index contributed by atoms with van der Waals surface area (Å²) in [5.41, 5.74) is 2.55. The number of nitrogens with zero attached hydrogens (tertiary/aromatic N) is 2. The molecule has 3 nitrogen and oxygen atoms in total. The summed E-state index contributed by atoms with van der Waals surface area (Å²) >= 11 is 5.42. The highest BCUT2D eigenvalue weighted by Gasteiger charge is 2.14. The van der Waals surface area contributed by atoms with Gasteiger partial charge in [-0.3, -0.25) is 9.67 Å². The van der Waals surface area contributed by atoms with Gasteiger partial charge in [0.25, 0.3) is 0 Å². The lowest BCUT2D eigenvalue weighted by Crippen LogP contribution is -2.11. The maximum atomic E-state index is 5.42. The molecule has 1 N–H and O–H groups in total. The Morgan fingerprint density at radius 3 is 2.32 bits per heavy atom. The predicted octanol–water partition coefficient (Wildman–Crippen LogP) is 4.34. The van der Waals surface area contributed by atoms with Gasteiger partial charge in [-0.25, -0.2) is 0 Å².